The molecule has 158 valence electrons. The van der Waals surface area contributed by atoms with E-state index in [2.05, 4.69) is 13.5 Å². The summed E-state index contributed by atoms with van der Waals surface area (Å²) in [5.74, 6) is 4.51. The van der Waals surface area contributed by atoms with Gasteiger partial charge in [0.05, 0.1) is 19.3 Å². The Morgan fingerprint density at radius 2 is 1.75 bits per heavy atom. The largest absolute Gasteiger partial charge is 0.393 e. The highest BCUT2D eigenvalue weighted by molar-refractivity contribution is 5.12. The summed E-state index contributed by atoms with van der Waals surface area (Å²) in [5, 5.41) is 10.6. The molecule has 3 heteroatoms. The monoisotopic (exact) mass is 388 g/mol. The molecule has 8 atom stereocenters. The van der Waals surface area contributed by atoms with Crippen molar-refractivity contribution in [2.75, 3.05) is 13.2 Å². The number of fused-ring (bicyclic) bond motifs is 5. The molecule has 0 aromatic rings. The number of allylic oxidation sites excluding steroid dienone is 1. The smallest absolute Gasteiger partial charge is 0.168 e. The van der Waals surface area contributed by atoms with Gasteiger partial charge in [0.2, 0.25) is 0 Å². The molecule has 28 heavy (non-hydrogen) atoms. The first-order valence-electron chi connectivity index (χ1n) is 12.0. The van der Waals surface area contributed by atoms with E-state index in [-0.39, 0.29) is 11.9 Å². The minimum atomic E-state index is -0.225. The molecule has 0 radical (unpaired) electrons. The maximum Gasteiger partial charge on any atom is 0.168 e. The van der Waals surface area contributed by atoms with Crippen LogP contribution in [0.3, 0.4) is 0 Å². The van der Waals surface area contributed by atoms with Crippen LogP contribution in [0.25, 0.3) is 0 Å². The number of aliphatic hydroxyl groups excluding tert-OH is 1. The van der Waals surface area contributed by atoms with Crippen LogP contribution in [0, 0.1) is 40.9 Å². The molecule has 1 aliphatic heterocycles. The van der Waals surface area contributed by atoms with Crippen LogP contribution in [0.2, 0.25) is 0 Å². The molecular weight excluding hydrogens is 348 g/mol. The van der Waals surface area contributed by atoms with E-state index in [1.165, 1.54) is 50.5 Å². The summed E-state index contributed by atoms with van der Waals surface area (Å²) < 4.78 is 12.2. The number of ether oxygens (including phenoxy) is 2. The van der Waals surface area contributed by atoms with Gasteiger partial charge in [-0.25, -0.2) is 0 Å². The molecular formula is C25H40O3. The summed E-state index contributed by atoms with van der Waals surface area (Å²) >= 11 is 0. The van der Waals surface area contributed by atoms with Crippen molar-refractivity contribution in [2.24, 2.45) is 40.9 Å². The number of hydrogen-bond acceptors (Lipinski definition) is 3. The lowest BCUT2D eigenvalue weighted by Gasteiger charge is -2.58. The second kappa shape index (κ2) is 7.10. The van der Waals surface area contributed by atoms with Crippen molar-refractivity contribution in [1.29, 1.82) is 0 Å². The predicted octanol–water partition coefficient (Wildman–Crippen LogP) is 5.33. The molecule has 0 aromatic carbocycles. The van der Waals surface area contributed by atoms with Crippen LogP contribution in [0.4, 0.5) is 0 Å². The molecule has 5 aliphatic rings. The molecule has 4 saturated carbocycles. The van der Waals surface area contributed by atoms with Gasteiger partial charge in [0.1, 0.15) is 0 Å². The second-order valence-electron chi connectivity index (χ2n) is 11.1. The summed E-state index contributed by atoms with van der Waals surface area (Å²) in [6, 6.07) is 0. The van der Waals surface area contributed by atoms with Crippen LogP contribution in [0.5, 0.6) is 0 Å². The zero-order valence-corrected chi connectivity index (χ0v) is 18.0. The second-order valence-corrected chi connectivity index (χ2v) is 11.1. The highest BCUT2D eigenvalue weighted by Gasteiger charge is 2.60. The van der Waals surface area contributed by atoms with Crippen LogP contribution < -0.4 is 0 Å². The highest BCUT2D eigenvalue weighted by atomic mass is 16.7. The SMILES string of the molecule is C=C(C)C[C@]12CC[C@H]3[C@@H](CC[C@@H]4CC5(CC[C@@H]43)OCCO5)[C@@H]1CC[C@@H]2C(C)O. The molecule has 5 rings (SSSR count). The third-order valence-electron chi connectivity index (χ3n) is 9.76. The number of hydrogen-bond donors (Lipinski definition) is 1. The van der Waals surface area contributed by atoms with Gasteiger partial charge in [-0.3, -0.25) is 0 Å². The number of aliphatic hydroxyl groups is 1. The molecule has 5 fully saturated rings. The van der Waals surface area contributed by atoms with Crippen molar-refractivity contribution < 1.29 is 14.6 Å². The van der Waals surface area contributed by atoms with Crippen LogP contribution in [0.15, 0.2) is 12.2 Å². The maximum absolute atomic E-state index is 10.6. The standard InChI is InChI=1S/C25H40O3/c1-16(2)14-24-10-8-20-19-9-11-25(27-12-13-28-25)15-18(19)4-5-21(20)23(24)7-6-22(24)17(3)26/h17-23,26H,1,4-15H2,2-3H3/t17?,18-,19+,20-,21-,22-,23+,24+/m1/s1. The maximum atomic E-state index is 10.6. The van der Waals surface area contributed by atoms with Gasteiger partial charge in [0.15, 0.2) is 5.79 Å². The van der Waals surface area contributed by atoms with Gasteiger partial charge in [0, 0.05) is 12.8 Å². The Morgan fingerprint density at radius 1 is 1.00 bits per heavy atom. The van der Waals surface area contributed by atoms with E-state index in [0.29, 0.717) is 11.3 Å². The Bertz CT molecular complexity index is 607. The van der Waals surface area contributed by atoms with Gasteiger partial charge in [-0.1, -0.05) is 5.57 Å². The molecule has 1 heterocycles. The van der Waals surface area contributed by atoms with E-state index in [0.717, 1.165) is 62.1 Å². The van der Waals surface area contributed by atoms with Crippen molar-refractivity contribution in [2.45, 2.75) is 89.9 Å². The Balaban J connectivity index is 1.37. The zero-order valence-electron chi connectivity index (χ0n) is 18.0. The van der Waals surface area contributed by atoms with Crippen LogP contribution in [-0.4, -0.2) is 30.2 Å². The van der Waals surface area contributed by atoms with E-state index in [9.17, 15) is 5.11 Å². The Hall–Kier alpha value is -0.380. The molecule has 0 aromatic heterocycles. The normalized spacial score (nSPS) is 48.0. The number of rotatable bonds is 3. The Labute approximate surface area is 171 Å². The lowest BCUT2D eigenvalue weighted by atomic mass is 9.48. The third kappa shape index (κ3) is 2.94. The molecule has 1 unspecified atom stereocenters. The van der Waals surface area contributed by atoms with Gasteiger partial charge >= 0.3 is 0 Å². The van der Waals surface area contributed by atoms with E-state index in [4.69, 9.17) is 9.47 Å². The first kappa shape index (κ1) is 19.6. The summed E-state index contributed by atoms with van der Waals surface area (Å²) in [4.78, 5) is 0. The lowest BCUT2D eigenvalue weighted by Crippen LogP contribution is -2.52. The van der Waals surface area contributed by atoms with Gasteiger partial charge < -0.3 is 14.6 Å². The van der Waals surface area contributed by atoms with E-state index >= 15 is 0 Å². The molecule has 1 N–H and O–H groups in total. The van der Waals surface area contributed by atoms with Gasteiger partial charge in [-0.15, -0.1) is 6.58 Å². The fourth-order valence-corrected chi connectivity index (χ4v) is 9.07. The first-order valence-corrected chi connectivity index (χ1v) is 12.0. The van der Waals surface area contributed by atoms with Gasteiger partial charge in [0.25, 0.3) is 0 Å². The fourth-order valence-electron chi connectivity index (χ4n) is 9.07. The molecule has 1 spiro atoms. The van der Waals surface area contributed by atoms with Crippen molar-refractivity contribution in [3.63, 3.8) is 0 Å². The van der Waals surface area contributed by atoms with Gasteiger partial charge in [-0.05, 0) is 106 Å². The summed E-state index contributed by atoms with van der Waals surface area (Å²) in [5.41, 5.74) is 1.64. The quantitative estimate of drug-likeness (QED) is 0.665. The van der Waals surface area contributed by atoms with Crippen molar-refractivity contribution >= 4 is 0 Å². The fraction of sp³-hybridized carbons (Fsp3) is 0.920. The molecule has 0 amide bonds. The minimum Gasteiger partial charge on any atom is -0.393 e. The summed E-state index contributed by atoms with van der Waals surface area (Å²) in [6.45, 7) is 10.1. The summed E-state index contributed by atoms with van der Waals surface area (Å²) in [6.07, 6.45) is 12.5. The van der Waals surface area contributed by atoms with E-state index < -0.39 is 0 Å². The van der Waals surface area contributed by atoms with Crippen LogP contribution in [-0.2, 0) is 9.47 Å². The molecule has 3 nitrogen and oxygen atoms in total. The van der Waals surface area contributed by atoms with Gasteiger partial charge in [-0.2, -0.15) is 0 Å². The molecule has 1 saturated heterocycles. The first-order chi connectivity index (χ1) is 13.4. The zero-order chi connectivity index (χ0) is 19.5. The third-order valence-corrected chi connectivity index (χ3v) is 9.76. The van der Waals surface area contributed by atoms with E-state index in [1.54, 1.807) is 0 Å². The highest BCUT2D eigenvalue weighted by Crippen LogP contribution is 2.67. The van der Waals surface area contributed by atoms with Crippen LogP contribution in [0.1, 0.15) is 78.1 Å². The van der Waals surface area contributed by atoms with Crippen molar-refractivity contribution in [3.8, 4) is 0 Å². The van der Waals surface area contributed by atoms with Crippen molar-refractivity contribution in [1.82, 2.24) is 0 Å². The molecule has 0 bridgehead atoms. The Kier molecular flexibility index (Phi) is 4.96. The molecule has 4 aliphatic carbocycles. The van der Waals surface area contributed by atoms with Crippen LogP contribution >= 0.6 is 0 Å². The average Bonchev–Trinajstić information content (AvgIpc) is 3.25. The minimum absolute atomic E-state index is 0.177. The topological polar surface area (TPSA) is 38.7 Å². The Morgan fingerprint density at radius 3 is 2.46 bits per heavy atom. The summed E-state index contributed by atoms with van der Waals surface area (Å²) in [7, 11) is 0. The van der Waals surface area contributed by atoms with Crippen molar-refractivity contribution in [3.05, 3.63) is 12.2 Å². The average molecular weight is 389 g/mol. The predicted molar refractivity (Wildman–Crippen MR) is 111 cm³/mol. The van der Waals surface area contributed by atoms with E-state index in [1.807, 2.05) is 6.92 Å². The lowest BCUT2D eigenvalue weighted by molar-refractivity contribution is -0.210.